The second-order valence-electron chi connectivity index (χ2n) is 8.58. The fourth-order valence-corrected chi connectivity index (χ4v) is 6.50. The number of amides is 1. The molecule has 0 atom stereocenters. The second kappa shape index (κ2) is 10.4. The number of ether oxygens (including phenoxy) is 1. The number of aromatic nitrogens is 1. The van der Waals surface area contributed by atoms with Crippen LogP contribution in [-0.4, -0.2) is 75.9 Å². The Morgan fingerprint density at radius 2 is 1.79 bits per heavy atom. The second-order valence-corrected chi connectivity index (χ2v) is 11.5. The standard InChI is InChI=1S/C24H30N4O4S2/c1-26(2)13-6-16-28(24-25-21-12-9-19(32-3)17-22(21)33-24)23(29)18-7-10-20(11-8-18)34(30,31)27-14-4-5-15-27/h7-12,17H,4-6,13-16H2,1-3H3. The first kappa shape index (κ1) is 24.6. The number of anilines is 1. The van der Waals surface area contributed by atoms with Crippen molar-refractivity contribution < 1.29 is 17.9 Å². The van der Waals surface area contributed by atoms with Crippen molar-refractivity contribution in [1.29, 1.82) is 0 Å². The highest BCUT2D eigenvalue weighted by Crippen LogP contribution is 2.32. The van der Waals surface area contributed by atoms with Gasteiger partial charge in [-0.3, -0.25) is 9.69 Å². The summed E-state index contributed by atoms with van der Waals surface area (Å²) in [7, 11) is 2.09. The van der Waals surface area contributed by atoms with Gasteiger partial charge in [-0.2, -0.15) is 4.31 Å². The Labute approximate surface area is 204 Å². The van der Waals surface area contributed by atoms with Gasteiger partial charge in [0.25, 0.3) is 5.91 Å². The number of hydrogen-bond acceptors (Lipinski definition) is 7. The van der Waals surface area contributed by atoms with Crippen LogP contribution in [0.4, 0.5) is 5.13 Å². The van der Waals surface area contributed by atoms with Crippen LogP contribution < -0.4 is 9.64 Å². The molecule has 0 bridgehead atoms. The summed E-state index contributed by atoms with van der Waals surface area (Å²) in [5.74, 6) is 0.540. The minimum atomic E-state index is -3.52. The minimum Gasteiger partial charge on any atom is -0.497 e. The van der Waals surface area contributed by atoms with Crippen molar-refractivity contribution in [2.75, 3.05) is 52.3 Å². The van der Waals surface area contributed by atoms with Gasteiger partial charge in [0, 0.05) is 25.2 Å². The van der Waals surface area contributed by atoms with Gasteiger partial charge in [-0.15, -0.1) is 0 Å². The van der Waals surface area contributed by atoms with Crippen LogP contribution in [0.25, 0.3) is 10.2 Å². The molecule has 1 amide bonds. The van der Waals surface area contributed by atoms with Crippen LogP contribution in [0.5, 0.6) is 5.75 Å². The van der Waals surface area contributed by atoms with Gasteiger partial charge in [0.15, 0.2) is 5.13 Å². The van der Waals surface area contributed by atoms with Gasteiger partial charge in [0.05, 0.1) is 22.2 Å². The Hall–Kier alpha value is -2.53. The van der Waals surface area contributed by atoms with E-state index in [9.17, 15) is 13.2 Å². The van der Waals surface area contributed by atoms with Crippen LogP contribution >= 0.6 is 11.3 Å². The van der Waals surface area contributed by atoms with E-state index >= 15 is 0 Å². The Kier molecular flexibility index (Phi) is 7.51. The van der Waals surface area contributed by atoms with E-state index in [1.165, 1.54) is 27.8 Å². The number of hydrogen-bond donors (Lipinski definition) is 0. The Morgan fingerprint density at radius 3 is 2.44 bits per heavy atom. The Morgan fingerprint density at radius 1 is 1.09 bits per heavy atom. The van der Waals surface area contributed by atoms with E-state index in [4.69, 9.17) is 9.72 Å². The van der Waals surface area contributed by atoms with Crippen molar-refractivity contribution in [3.63, 3.8) is 0 Å². The first-order valence-electron chi connectivity index (χ1n) is 11.3. The average Bonchev–Trinajstić information content (AvgIpc) is 3.51. The molecule has 34 heavy (non-hydrogen) atoms. The summed E-state index contributed by atoms with van der Waals surface area (Å²) in [6.07, 6.45) is 2.54. The molecule has 1 aromatic heterocycles. The monoisotopic (exact) mass is 502 g/mol. The summed E-state index contributed by atoms with van der Waals surface area (Å²) >= 11 is 1.44. The molecule has 8 nitrogen and oxygen atoms in total. The molecule has 2 aromatic carbocycles. The van der Waals surface area contributed by atoms with E-state index in [1.807, 2.05) is 32.3 Å². The summed E-state index contributed by atoms with van der Waals surface area (Å²) in [5, 5.41) is 0.612. The highest BCUT2D eigenvalue weighted by atomic mass is 32.2. The van der Waals surface area contributed by atoms with Crippen molar-refractivity contribution in [1.82, 2.24) is 14.2 Å². The summed E-state index contributed by atoms with van der Waals surface area (Å²) in [4.78, 5) is 22.2. The van der Waals surface area contributed by atoms with Gasteiger partial charge in [0.1, 0.15) is 5.75 Å². The molecule has 0 saturated carbocycles. The predicted molar refractivity (Wildman–Crippen MR) is 135 cm³/mol. The maximum absolute atomic E-state index is 13.5. The van der Waals surface area contributed by atoms with Crippen LogP contribution in [-0.2, 0) is 10.0 Å². The molecule has 0 spiro atoms. The maximum atomic E-state index is 13.5. The first-order valence-corrected chi connectivity index (χ1v) is 13.6. The first-order chi connectivity index (χ1) is 16.3. The lowest BCUT2D eigenvalue weighted by Gasteiger charge is -2.21. The molecule has 4 rings (SSSR count). The summed E-state index contributed by atoms with van der Waals surface area (Å²) in [6, 6.07) is 11.9. The maximum Gasteiger partial charge on any atom is 0.260 e. The Balaban J connectivity index is 1.61. The zero-order chi connectivity index (χ0) is 24.3. The lowest BCUT2D eigenvalue weighted by Crippen LogP contribution is -2.33. The van der Waals surface area contributed by atoms with Gasteiger partial charge in [-0.1, -0.05) is 11.3 Å². The number of fused-ring (bicyclic) bond motifs is 1. The molecule has 3 aromatic rings. The third kappa shape index (κ3) is 5.25. The quantitative estimate of drug-likeness (QED) is 0.444. The third-order valence-electron chi connectivity index (χ3n) is 5.85. The van der Waals surface area contributed by atoms with Gasteiger partial charge in [-0.25, -0.2) is 13.4 Å². The van der Waals surface area contributed by atoms with Gasteiger partial charge >= 0.3 is 0 Å². The summed E-state index contributed by atoms with van der Waals surface area (Å²) in [5.41, 5.74) is 1.24. The van der Waals surface area contributed by atoms with E-state index in [0.717, 1.165) is 41.8 Å². The highest BCUT2D eigenvalue weighted by molar-refractivity contribution is 7.89. The number of methoxy groups -OCH3 is 1. The number of carbonyl (C=O) groups excluding carboxylic acids is 1. The van der Waals surface area contributed by atoms with E-state index < -0.39 is 10.0 Å². The zero-order valence-corrected chi connectivity index (χ0v) is 21.4. The van der Waals surface area contributed by atoms with Gasteiger partial charge in [-0.05, 0) is 82.4 Å². The molecular weight excluding hydrogens is 472 g/mol. The molecule has 0 N–H and O–H groups in total. The normalized spacial score (nSPS) is 14.7. The van der Waals surface area contributed by atoms with Crippen molar-refractivity contribution in [2.24, 2.45) is 0 Å². The minimum absolute atomic E-state index is 0.199. The largest absolute Gasteiger partial charge is 0.497 e. The molecule has 0 aliphatic carbocycles. The molecule has 2 heterocycles. The lowest BCUT2D eigenvalue weighted by atomic mass is 10.2. The van der Waals surface area contributed by atoms with Crippen molar-refractivity contribution in [3.8, 4) is 5.75 Å². The average molecular weight is 503 g/mol. The lowest BCUT2D eigenvalue weighted by molar-refractivity contribution is 0.0986. The van der Waals surface area contributed by atoms with E-state index in [1.54, 1.807) is 24.1 Å². The summed E-state index contributed by atoms with van der Waals surface area (Å²) < 4.78 is 33.4. The topological polar surface area (TPSA) is 83.0 Å². The van der Waals surface area contributed by atoms with E-state index in [-0.39, 0.29) is 10.8 Å². The third-order valence-corrected chi connectivity index (χ3v) is 8.81. The fourth-order valence-electron chi connectivity index (χ4n) is 3.97. The molecule has 0 radical (unpaired) electrons. The number of nitrogens with zero attached hydrogens (tertiary/aromatic N) is 4. The molecule has 10 heteroatoms. The predicted octanol–water partition coefficient (Wildman–Crippen LogP) is 3.69. The van der Waals surface area contributed by atoms with Crippen LogP contribution in [0.15, 0.2) is 47.4 Å². The van der Waals surface area contributed by atoms with Crippen molar-refractivity contribution >= 4 is 42.6 Å². The molecule has 182 valence electrons. The van der Waals surface area contributed by atoms with Crippen LogP contribution in [0.2, 0.25) is 0 Å². The van der Waals surface area contributed by atoms with E-state index in [0.29, 0.717) is 30.3 Å². The number of rotatable bonds is 9. The van der Waals surface area contributed by atoms with Crippen LogP contribution in [0, 0.1) is 0 Å². The van der Waals surface area contributed by atoms with Gasteiger partial charge in [0.2, 0.25) is 10.0 Å². The SMILES string of the molecule is COc1ccc2nc(N(CCCN(C)C)C(=O)c3ccc(S(=O)(=O)N4CCCC4)cc3)sc2c1. The van der Waals surface area contributed by atoms with Crippen molar-refractivity contribution in [2.45, 2.75) is 24.2 Å². The zero-order valence-electron chi connectivity index (χ0n) is 19.7. The van der Waals surface area contributed by atoms with Crippen molar-refractivity contribution in [3.05, 3.63) is 48.0 Å². The smallest absolute Gasteiger partial charge is 0.260 e. The van der Waals surface area contributed by atoms with Crippen LogP contribution in [0.1, 0.15) is 29.6 Å². The molecule has 1 aliphatic rings. The molecule has 0 unspecified atom stereocenters. The molecule has 1 aliphatic heterocycles. The Bertz CT molecular complexity index is 1250. The van der Waals surface area contributed by atoms with E-state index in [2.05, 4.69) is 4.90 Å². The molecule has 1 saturated heterocycles. The van der Waals surface area contributed by atoms with Gasteiger partial charge < -0.3 is 9.64 Å². The number of thiazole rings is 1. The number of sulfonamides is 1. The summed E-state index contributed by atoms with van der Waals surface area (Å²) in [6.45, 7) is 2.42. The number of benzene rings is 2. The molecular formula is C24H30N4O4S2. The number of carbonyl (C=O) groups is 1. The van der Waals surface area contributed by atoms with Crippen LogP contribution in [0.3, 0.4) is 0 Å². The fraction of sp³-hybridized carbons (Fsp3) is 0.417. The molecule has 1 fully saturated rings. The highest BCUT2D eigenvalue weighted by Gasteiger charge is 2.28.